The van der Waals surface area contributed by atoms with Crippen molar-refractivity contribution >= 4 is 12.0 Å². The first-order valence-electron chi connectivity index (χ1n) is 5.23. The summed E-state index contributed by atoms with van der Waals surface area (Å²) in [5, 5.41) is 11.3. The number of nitrogens with one attached hydrogen (secondary N) is 1. The predicted molar refractivity (Wildman–Crippen MR) is 63.9 cm³/mol. The van der Waals surface area contributed by atoms with Crippen molar-refractivity contribution in [1.29, 1.82) is 0 Å². The summed E-state index contributed by atoms with van der Waals surface area (Å²) in [6, 6.07) is -0.447. The van der Waals surface area contributed by atoms with Crippen molar-refractivity contribution in [1.82, 2.24) is 10.2 Å². The van der Waals surface area contributed by atoms with Crippen LogP contribution >= 0.6 is 0 Å². The van der Waals surface area contributed by atoms with Gasteiger partial charge in [-0.15, -0.1) is 6.58 Å². The fourth-order valence-corrected chi connectivity index (χ4v) is 1.01. The van der Waals surface area contributed by atoms with Crippen LogP contribution in [0.15, 0.2) is 12.7 Å². The van der Waals surface area contributed by atoms with Gasteiger partial charge in [0.2, 0.25) is 0 Å². The molecule has 0 atom stereocenters. The highest BCUT2D eigenvalue weighted by atomic mass is 16.5. The smallest absolute Gasteiger partial charge is 0.323 e. The maximum Gasteiger partial charge on any atom is 0.323 e. The molecule has 0 aromatic heterocycles. The lowest BCUT2D eigenvalue weighted by molar-refractivity contribution is -0.137. The highest BCUT2D eigenvalue weighted by molar-refractivity contribution is 5.80. The summed E-state index contributed by atoms with van der Waals surface area (Å²) >= 11 is 0. The third-order valence-electron chi connectivity index (χ3n) is 2.18. The number of urea groups is 1. The average Bonchev–Trinajstić information content (AvgIpc) is 2.25. The molecule has 0 saturated carbocycles. The summed E-state index contributed by atoms with van der Waals surface area (Å²) in [4.78, 5) is 23.4. The van der Waals surface area contributed by atoms with Crippen LogP contribution in [-0.2, 0) is 9.53 Å². The minimum atomic E-state index is -1.06. The molecule has 0 heterocycles. The van der Waals surface area contributed by atoms with Crippen molar-refractivity contribution in [3.05, 3.63) is 12.7 Å². The second kappa shape index (κ2) is 6.90. The second-order valence-electron chi connectivity index (χ2n) is 4.19. The van der Waals surface area contributed by atoms with Gasteiger partial charge >= 0.3 is 12.0 Å². The van der Waals surface area contributed by atoms with Crippen LogP contribution in [-0.4, -0.2) is 54.4 Å². The average molecular weight is 244 g/mol. The Bertz CT molecular complexity index is 289. The largest absolute Gasteiger partial charge is 0.480 e. The molecule has 6 nitrogen and oxygen atoms in total. The maximum absolute atomic E-state index is 11.7. The fourth-order valence-electron chi connectivity index (χ4n) is 1.01. The molecule has 98 valence electrons. The van der Waals surface area contributed by atoms with Crippen LogP contribution in [0.3, 0.4) is 0 Å². The molecule has 0 aliphatic rings. The molecule has 2 amide bonds. The number of carbonyl (C=O) groups is 2. The van der Waals surface area contributed by atoms with Gasteiger partial charge in [-0.2, -0.15) is 0 Å². The number of carboxylic acid groups (broad SMARTS) is 1. The van der Waals surface area contributed by atoms with E-state index < -0.39 is 17.6 Å². The minimum Gasteiger partial charge on any atom is -0.480 e. The zero-order chi connectivity index (χ0) is 13.5. The second-order valence-corrected chi connectivity index (χ2v) is 4.19. The molecule has 0 rings (SSSR count). The van der Waals surface area contributed by atoms with Gasteiger partial charge < -0.3 is 20.1 Å². The van der Waals surface area contributed by atoms with Gasteiger partial charge in [-0.3, -0.25) is 4.79 Å². The third-order valence-corrected chi connectivity index (χ3v) is 2.18. The summed E-state index contributed by atoms with van der Waals surface area (Å²) in [7, 11) is 1.55. The predicted octanol–water partition coefficient (Wildman–Crippen LogP) is 0.694. The maximum atomic E-state index is 11.7. The number of hydrogen-bond donors (Lipinski definition) is 2. The van der Waals surface area contributed by atoms with Crippen LogP contribution in [0.5, 0.6) is 0 Å². The lowest BCUT2D eigenvalue weighted by Crippen LogP contribution is -2.47. The van der Waals surface area contributed by atoms with Crippen molar-refractivity contribution in [2.45, 2.75) is 19.4 Å². The van der Waals surface area contributed by atoms with Crippen molar-refractivity contribution in [2.75, 3.05) is 26.7 Å². The number of nitrogens with zero attached hydrogens (tertiary/aromatic N) is 1. The van der Waals surface area contributed by atoms with Crippen molar-refractivity contribution in [3.8, 4) is 0 Å². The van der Waals surface area contributed by atoms with Crippen LogP contribution in [0.25, 0.3) is 0 Å². The molecule has 0 fully saturated rings. The van der Waals surface area contributed by atoms with E-state index in [9.17, 15) is 9.59 Å². The van der Waals surface area contributed by atoms with E-state index in [0.29, 0.717) is 6.54 Å². The molecule has 0 aromatic rings. The van der Waals surface area contributed by atoms with Crippen LogP contribution in [0.4, 0.5) is 4.79 Å². The van der Waals surface area contributed by atoms with Crippen LogP contribution in [0, 0.1) is 0 Å². The number of carboxylic acids is 1. The zero-order valence-corrected chi connectivity index (χ0v) is 10.5. The topological polar surface area (TPSA) is 78.9 Å². The fraction of sp³-hybridized carbons (Fsp3) is 0.636. The van der Waals surface area contributed by atoms with Gasteiger partial charge in [0.05, 0.1) is 5.60 Å². The summed E-state index contributed by atoms with van der Waals surface area (Å²) < 4.78 is 5.14. The molecule has 0 spiro atoms. The molecule has 0 radical (unpaired) electrons. The van der Waals surface area contributed by atoms with Gasteiger partial charge in [0.1, 0.15) is 6.54 Å². The lowest BCUT2D eigenvalue weighted by atomic mass is 10.1. The molecule has 6 heteroatoms. The van der Waals surface area contributed by atoms with Gasteiger partial charge in [0.15, 0.2) is 0 Å². The van der Waals surface area contributed by atoms with E-state index in [0.717, 1.165) is 4.90 Å². The number of methoxy groups -OCH3 is 1. The Balaban J connectivity index is 4.32. The summed E-state index contributed by atoms with van der Waals surface area (Å²) in [6.45, 7) is 7.25. The molecule has 0 aliphatic heterocycles. The van der Waals surface area contributed by atoms with E-state index in [2.05, 4.69) is 11.9 Å². The standard InChI is InChI=1S/C11H20N2O4/c1-5-6-13(7-9(14)15)10(16)12-8-11(2,3)17-4/h5H,1,6-8H2,2-4H3,(H,12,16)(H,14,15). The molecule has 0 saturated heterocycles. The minimum absolute atomic E-state index is 0.186. The Morgan fingerprint density at radius 2 is 2.12 bits per heavy atom. The first-order chi connectivity index (χ1) is 7.82. The Kier molecular flexibility index (Phi) is 6.27. The molecule has 2 N–H and O–H groups in total. The molecule has 0 aromatic carbocycles. The van der Waals surface area contributed by atoms with Crippen molar-refractivity contribution < 1.29 is 19.4 Å². The van der Waals surface area contributed by atoms with Gasteiger partial charge in [-0.05, 0) is 13.8 Å². The Morgan fingerprint density at radius 1 is 1.53 bits per heavy atom. The van der Waals surface area contributed by atoms with E-state index in [1.165, 1.54) is 6.08 Å². The van der Waals surface area contributed by atoms with E-state index in [1.807, 2.05) is 13.8 Å². The third kappa shape index (κ3) is 6.57. The molecule has 0 unspecified atom stereocenters. The van der Waals surface area contributed by atoms with Crippen LogP contribution in [0.2, 0.25) is 0 Å². The summed E-state index contributed by atoms with van der Waals surface area (Å²) in [5.41, 5.74) is -0.487. The molecule has 0 aliphatic carbocycles. The highest BCUT2D eigenvalue weighted by Gasteiger charge is 2.20. The SMILES string of the molecule is C=CCN(CC(=O)O)C(=O)NCC(C)(C)OC. The lowest BCUT2D eigenvalue weighted by Gasteiger charge is -2.26. The van der Waals surface area contributed by atoms with E-state index >= 15 is 0 Å². The monoisotopic (exact) mass is 244 g/mol. The molecule has 17 heavy (non-hydrogen) atoms. The number of rotatable bonds is 7. The first kappa shape index (κ1) is 15.4. The number of hydrogen-bond acceptors (Lipinski definition) is 3. The number of ether oxygens (including phenoxy) is 1. The zero-order valence-electron chi connectivity index (χ0n) is 10.5. The quantitative estimate of drug-likeness (QED) is 0.646. The van der Waals surface area contributed by atoms with Crippen molar-refractivity contribution in [2.24, 2.45) is 0 Å². The Morgan fingerprint density at radius 3 is 2.53 bits per heavy atom. The highest BCUT2D eigenvalue weighted by Crippen LogP contribution is 2.05. The molecular weight excluding hydrogens is 224 g/mol. The number of carbonyl (C=O) groups excluding carboxylic acids is 1. The van der Waals surface area contributed by atoms with E-state index in [-0.39, 0.29) is 13.1 Å². The summed E-state index contributed by atoms with van der Waals surface area (Å²) in [5.74, 6) is -1.06. The van der Waals surface area contributed by atoms with Gasteiger partial charge in [-0.1, -0.05) is 6.08 Å². The van der Waals surface area contributed by atoms with Crippen LogP contribution in [0.1, 0.15) is 13.8 Å². The molecular formula is C11H20N2O4. The molecule has 0 bridgehead atoms. The Labute approximate surface area is 101 Å². The number of aliphatic carboxylic acids is 1. The van der Waals surface area contributed by atoms with Gasteiger partial charge in [-0.25, -0.2) is 4.79 Å². The van der Waals surface area contributed by atoms with Gasteiger partial charge in [0, 0.05) is 20.2 Å². The summed E-state index contributed by atoms with van der Waals surface area (Å²) in [6.07, 6.45) is 1.48. The van der Waals surface area contributed by atoms with Crippen molar-refractivity contribution in [3.63, 3.8) is 0 Å². The Hall–Kier alpha value is -1.56. The van der Waals surface area contributed by atoms with Gasteiger partial charge in [0.25, 0.3) is 0 Å². The van der Waals surface area contributed by atoms with E-state index in [4.69, 9.17) is 9.84 Å². The van der Waals surface area contributed by atoms with Crippen LogP contribution < -0.4 is 5.32 Å². The normalized spacial score (nSPS) is 10.8. The number of amides is 2. The van der Waals surface area contributed by atoms with E-state index in [1.54, 1.807) is 7.11 Å². The first-order valence-corrected chi connectivity index (χ1v) is 5.23.